The average molecular weight is 313 g/mol. The van der Waals surface area contributed by atoms with Gasteiger partial charge in [0.2, 0.25) is 0 Å². The first-order valence-corrected chi connectivity index (χ1v) is 7.60. The van der Waals surface area contributed by atoms with E-state index in [9.17, 15) is 13.2 Å². The van der Waals surface area contributed by atoms with Crippen molar-refractivity contribution in [2.75, 3.05) is 18.0 Å². The minimum absolute atomic E-state index is 0.0434. The summed E-state index contributed by atoms with van der Waals surface area (Å²) in [6.45, 7) is 1.55. The first-order valence-electron chi connectivity index (χ1n) is 6.72. The standard InChI is InChI=1S/C14H14F3N3S/c15-14(16,17)11-9-21-13(19-11)10-4-3-7-20(8-10)12-5-1-2-6-18-12/h1-2,5-6,9-10H,3-4,7-8H2. The van der Waals surface area contributed by atoms with Crippen LogP contribution < -0.4 is 4.90 Å². The monoisotopic (exact) mass is 313 g/mol. The Morgan fingerprint density at radius 1 is 1.29 bits per heavy atom. The number of hydrogen-bond acceptors (Lipinski definition) is 4. The fraction of sp³-hybridized carbons (Fsp3) is 0.429. The highest BCUT2D eigenvalue weighted by atomic mass is 32.1. The molecule has 3 heterocycles. The molecule has 2 aromatic rings. The highest BCUT2D eigenvalue weighted by Gasteiger charge is 2.35. The van der Waals surface area contributed by atoms with Crippen LogP contribution in [0.3, 0.4) is 0 Å². The van der Waals surface area contributed by atoms with E-state index in [0.29, 0.717) is 11.6 Å². The van der Waals surface area contributed by atoms with Crippen molar-refractivity contribution in [3.63, 3.8) is 0 Å². The number of piperidine rings is 1. The lowest BCUT2D eigenvalue weighted by molar-refractivity contribution is -0.140. The van der Waals surface area contributed by atoms with Crippen molar-refractivity contribution >= 4 is 17.2 Å². The zero-order valence-electron chi connectivity index (χ0n) is 11.2. The van der Waals surface area contributed by atoms with E-state index in [2.05, 4.69) is 14.9 Å². The summed E-state index contributed by atoms with van der Waals surface area (Å²) in [5.74, 6) is 0.914. The van der Waals surface area contributed by atoms with Gasteiger partial charge in [-0.1, -0.05) is 6.07 Å². The van der Waals surface area contributed by atoms with Crippen molar-refractivity contribution in [3.05, 3.63) is 40.5 Å². The maximum atomic E-state index is 12.6. The zero-order valence-corrected chi connectivity index (χ0v) is 12.0. The molecule has 3 rings (SSSR count). The van der Waals surface area contributed by atoms with Gasteiger partial charge in [-0.05, 0) is 25.0 Å². The smallest absolute Gasteiger partial charge is 0.356 e. The summed E-state index contributed by atoms with van der Waals surface area (Å²) in [4.78, 5) is 10.2. The van der Waals surface area contributed by atoms with Crippen molar-refractivity contribution in [1.29, 1.82) is 0 Å². The molecule has 1 saturated heterocycles. The highest BCUT2D eigenvalue weighted by Crippen LogP contribution is 2.35. The lowest BCUT2D eigenvalue weighted by Gasteiger charge is -2.32. The molecule has 1 unspecified atom stereocenters. The first-order chi connectivity index (χ1) is 10.0. The van der Waals surface area contributed by atoms with Crippen LogP contribution >= 0.6 is 11.3 Å². The summed E-state index contributed by atoms with van der Waals surface area (Å²) in [5.41, 5.74) is -0.780. The predicted octanol–water partition coefficient (Wildman–Crippen LogP) is 3.94. The van der Waals surface area contributed by atoms with Crippen LogP contribution in [0.2, 0.25) is 0 Å². The van der Waals surface area contributed by atoms with Crippen LogP contribution in [0.1, 0.15) is 29.5 Å². The van der Waals surface area contributed by atoms with Gasteiger partial charge in [-0.15, -0.1) is 11.3 Å². The molecule has 0 amide bonds. The number of alkyl halides is 3. The first kappa shape index (κ1) is 14.3. The van der Waals surface area contributed by atoms with Gasteiger partial charge in [0.1, 0.15) is 5.82 Å². The Labute approximate surface area is 124 Å². The van der Waals surface area contributed by atoms with E-state index in [1.165, 1.54) is 0 Å². The van der Waals surface area contributed by atoms with Crippen molar-refractivity contribution in [2.45, 2.75) is 24.9 Å². The van der Waals surface area contributed by atoms with Crippen molar-refractivity contribution < 1.29 is 13.2 Å². The molecular formula is C14H14F3N3S. The van der Waals surface area contributed by atoms with Crippen LogP contribution in [-0.4, -0.2) is 23.1 Å². The van der Waals surface area contributed by atoms with Gasteiger partial charge in [0.15, 0.2) is 5.69 Å². The third-order valence-corrected chi connectivity index (χ3v) is 4.56. The third kappa shape index (κ3) is 3.18. The number of rotatable bonds is 2. The quantitative estimate of drug-likeness (QED) is 0.841. The van der Waals surface area contributed by atoms with Gasteiger partial charge in [-0.3, -0.25) is 0 Å². The SMILES string of the molecule is FC(F)(F)c1csc(C2CCCN(c3ccccn3)C2)n1. The molecule has 112 valence electrons. The van der Waals surface area contributed by atoms with Crippen molar-refractivity contribution in [1.82, 2.24) is 9.97 Å². The predicted molar refractivity (Wildman–Crippen MR) is 75.5 cm³/mol. The Hall–Kier alpha value is -1.63. The van der Waals surface area contributed by atoms with E-state index < -0.39 is 11.9 Å². The minimum atomic E-state index is -4.36. The fourth-order valence-corrected chi connectivity index (χ4v) is 3.49. The van der Waals surface area contributed by atoms with E-state index in [-0.39, 0.29) is 5.92 Å². The van der Waals surface area contributed by atoms with E-state index >= 15 is 0 Å². The molecule has 1 atom stereocenters. The van der Waals surface area contributed by atoms with Crippen LogP contribution in [0.5, 0.6) is 0 Å². The second-order valence-electron chi connectivity index (χ2n) is 5.04. The Balaban J connectivity index is 1.76. The fourth-order valence-electron chi connectivity index (χ4n) is 2.53. The van der Waals surface area contributed by atoms with Gasteiger partial charge in [0, 0.05) is 30.6 Å². The third-order valence-electron chi connectivity index (χ3n) is 3.56. The molecule has 1 fully saturated rings. The Bertz CT molecular complexity index is 597. The van der Waals surface area contributed by atoms with E-state index in [1.807, 2.05) is 18.2 Å². The molecule has 0 saturated carbocycles. The molecule has 0 radical (unpaired) electrons. The van der Waals surface area contributed by atoms with Gasteiger partial charge >= 0.3 is 6.18 Å². The molecule has 7 heteroatoms. The van der Waals surface area contributed by atoms with Gasteiger partial charge in [0.05, 0.1) is 5.01 Å². The summed E-state index contributed by atoms with van der Waals surface area (Å²) >= 11 is 1.10. The minimum Gasteiger partial charge on any atom is -0.356 e. The number of nitrogens with zero attached hydrogens (tertiary/aromatic N) is 3. The molecule has 1 aliphatic rings. The molecule has 0 aliphatic carbocycles. The molecule has 21 heavy (non-hydrogen) atoms. The van der Waals surface area contributed by atoms with Crippen LogP contribution in [0.15, 0.2) is 29.8 Å². The number of thiazole rings is 1. The van der Waals surface area contributed by atoms with E-state index in [0.717, 1.165) is 41.9 Å². The topological polar surface area (TPSA) is 29.0 Å². The molecule has 0 bridgehead atoms. The number of hydrogen-bond donors (Lipinski definition) is 0. The number of anilines is 1. The van der Waals surface area contributed by atoms with Gasteiger partial charge in [-0.25, -0.2) is 9.97 Å². The van der Waals surface area contributed by atoms with Gasteiger partial charge < -0.3 is 4.90 Å². The van der Waals surface area contributed by atoms with Gasteiger partial charge in [-0.2, -0.15) is 13.2 Å². The Morgan fingerprint density at radius 2 is 2.14 bits per heavy atom. The average Bonchev–Trinajstić information content (AvgIpc) is 2.98. The number of pyridine rings is 1. The lowest BCUT2D eigenvalue weighted by Crippen LogP contribution is -2.34. The summed E-state index contributed by atoms with van der Waals surface area (Å²) in [6.07, 6.45) is -0.829. The second-order valence-corrected chi connectivity index (χ2v) is 5.93. The molecular weight excluding hydrogens is 299 g/mol. The van der Waals surface area contributed by atoms with E-state index in [1.54, 1.807) is 6.20 Å². The summed E-state index contributed by atoms with van der Waals surface area (Å²) in [7, 11) is 0. The normalized spacial score (nSPS) is 19.8. The zero-order chi connectivity index (χ0) is 14.9. The second kappa shape index (κ2) is 5.63. The summed E-state index contributed by atoms with van der Waals surface area (Å²) in [5, 5.41) is 1.68. The van der Waals surface area contributed by atoms with Gasteiger partial charge in [0.25, 0.3) is 0 Å². The molecule has 1 aliphatic heterocycles. The molecule has 3 nitrogen and oxygen atoms in total. The van der Waals surface area contributed by atoms with Crippen LogP contribution in [-0.2, 0) is 6.18 Å². The van der Waals surface area contributed by atoms with Crippen molar-refractivity contribution in [2.24, 2.45) is 0 Å². The van der Waals surface area contributed by atoms with E-state index in [4.69, 9.17) is 0 Å². The van der Waals surface area contributed by atoms with Crippen LogP contribution in [0.25, 0.3) is 0 Å². The summed E-state index contributed by atoms with van der Waals surface area (Å²) in [6, 6.07) is 5.68. The highest BCUT2D eigenvalue weighted by molar-refractivity contribution is 7.09. The molecule has 2 aromatic heterocycles. The number of aromatic nitrogens is 2. The number of halogens is 3. The molecule has 0 spiro atoms. The Kier molecular flexibility index (Phi) is 3.84. The lowest BCUT2D eigenvalue weighted by atomic mass is 9.99. The van der Waals surface area contributed by atoms with Crippen LogP contribution in [0, 0.1) is 0 Å². The largest absolute Gasteiger partial charge is 0.434 e. The van der Waals surface area contributed by atoms with Crippen molar-refractivity contribution in [3.8, 4) is 0 Å². The maximum Gasteiger partial charge on any atom is 0.434 e. The molecule has 0 aromatic carbocycles. The molecule has 0 N–H and O–H groups in total. The Morgan fingerprint density at radius 3 is 2.81 bits per heavy atom. The summed E-state index contributed by atoms with van der Waals surface area (Å²) < 4.78 is 37.9. The van der Waals surface area contributed by atoms with Crippen LogP contribution in [0.4, 0.5) is 19.0 Å². The maximum absolute atomic E-state index is 12.6.